The van der Waals surface area contributed by atoms with E-state index in [1.54, 1.807) is 0 Å². The molecule has 0 radical (unpaired) electrons. The van der Waals surface area contributed by atoms with Crippen LogP contribution in [-0.4, -0.2) is 9.97 Å². The van der Waals surface area contributed by atoms with Gasteiger partial charge in [0.1, 0.15) is 0 Å². The van der Waals surface area contributed by atoms with Gasteiger partial charge in [-0.05, 0) is 42.0 Å². The van der Waals surface area contributed by atoms with E-state index in [4.69, 9.17) is 21.6 Å². The van der Waals surface area contributed by atoms with Gasteiger partial charge in [-0.15, -0.1) is 0 Å². The monoisotopic (exact) mass is 408 g/mol. The zero-order valence-electron chi connectivity index (χ0n) is 13.3. The SMILES string of the molecule is Clc1ccc(Cc2nc3ccccc3nc2-c2cccc(Br)c2)cc1. The first kappa shape index (κ1) is 16.2. The second-order valence-electron chi connectivity index (χ2n) is 5.82. The van der Waals surface area contributed by atoms with Crippen LogP contribution in [0.3, 0.4) is 0 Å². The van der Waals surface area contributed by atoms with Gasteiger partial charge in [0.15, 0.2) is 0 Å². The molecule has 0 N–H and O–H groups in total. The van der Waals surface area contributed by atoms with E-state index in [2.05, 4.69) is 28.1 Å². The maximum Gasteiger partial charge on any atom is 0.0928 e. The molecule has 0 unspecified atom stereocenters. The molecule has 0 bridgehead atoms. The predicted molar refractivity (Wildman–Crippen MR) is 107 cm³/mol. The van der Waals surface area contributed by atoms with Gasteiger partial charge in [0.2, 0.25) is 0 Å². The van der Waals surface area contributed by atoms with Gasteiger partial charge in [-0.1, -0.05) is 63.9 Å². The highest BCUT2D eigenvalue weighted by Crippen LogP contribution is 2.27. The Labute approximate surface area is 159 Å². The molecule has 3 aromatic carbocycles. The fourth-order valence-corrected chi connectivity index (χ4v) is 3.35. The molecule has 0 aliphatic heterocycles. The van der Waals surface area contributed by atoms with Crippen molar-refractivity contribution in [3.8, 4) is 11.3 Å². The maximum atomic E-state index is 6.00. The van der Waals surface area contributed by atoms with E-state index in [9.17, 15) is 0 Å². The van der Waals surface area contributed by atoms with Crippen molar-refractivity contribution in [2.45, 2.75) is 6.42 Å². The molecule has 4 rings (SSSR count). The third-order valence-electron chi connectivity index (χ3n) is 4.03. The van der Waals surface area contributed by atoms with Gasteiger partial charge < -0.3 is 0 Å². The van der Waals surface area contributed by atoms with Gasteiger partial charge in [0.25, 0.3) is 0 Å². The first-order valence-electron chi connectivity index (χ1n) is 7.95. The van der Waals surface area contributed by atoms with Crippen molar-refractivity contribution in [1.82, 2.24) is 9.97 Å². The second-order valence-corrected chi connectivity index (χ2v) is 7.17. The van der Waals surface area contributed by atoms with E-state index in [0.717, 1.165) is 43.0 Å². The lowest BCUT2D eigenvalue weighted by molar-refractivity contribution is 1.07. The molecule has 122 valence electrons. The molecule has 4 heteroatoms. The summed E-state index contributed by atoms with van der Waals surface area (Å²) < 4.78 is 1.03. The Morgan fingerprint density at radius 2 is 1.52 bits per heavy atom. The van der Waals surface area contributed by atoms with Crippen molar-refractivity contribution in [2.75, 3.05) is 0 Å². The van der Waals surface area contributed by atoms with E-state index in [0.29, 0.717) is 6.42 Å². The highest BCUT2D eigenvalue weighted by Gasteiger charge is 2.12. The van der Waals surface area contributed by atoms with E-state index in [-0.39, 0.29) is 0 Å². The number of benzene rings is 3. The number of para-hydroxylation sites is 2. The molecule has 0 fully saturated rings. The molecule has 1 heterocycles. The molecule has 0 spiro atoms. The first-order valence-corrected chi connectivity index (χ1v) is 9.12. The average molecular weight is 410 g/mol. The van der Waals surface area contributed by atoms with Crippen LogP contribution in [0.2, 0.25) is 5.02 Å². The van der Waals surface area contributed by atoms with Crippen molar-refractivity contribution in [1.29, 1.82) is 0 Å². The van der Waals surface area contributed by atoms with E-state index < -0.39 is 0 Å². The largest absolute Gasteiger partial charge is 0.249 e. The van der Waals surface area contributed by atoms with Gasteiger partial charge >= 0.3 is 0 Å². The molecule has 0 saturated heterocycles. The highest BCUT2D eigenvalue weighted by molar-refractivity contribution is 9.10. The lowest BCUT2D eigenvalue weighted by atomic mass is 10.0. The Hall–Kier alpha value is -2.23. The minimum atomic E-state index is 0.705. The highest BCUT2D eigenvalue weighted by atomic mass is 79.9. The second kappa shape index (κ2) is 6.95. The Kier molecular flexibility index (Phi) is 4.51. The van der Waals surface area contributed by atoms with Crippen LogP contribution in [0.15, 0.2) is 77.3 Å². The van der Waals surface area contributed by atoms with Crippen LogP contribution in [0.5, 0.6) is 0 Å². The predicted octanol–water partition coefficient (Wildman–Crippen LogP) is 6.30. The van der Waals surface area contributed by atoms with Crippen molar-refractivity contribution < 1.29 is 0 Å². The number of rotatable bonds is 3. The third-order valence-corrected chi connectivity index (χ3v) is 4.77. The van der Waals surface area contributed by atoms with E-state index in [1.165, 1.54) is 0 Å². The summed E-state index contributed by atoms with van der Waals surface area (Å²) in [4.78, 5) is 9.78. The summed E-state index contributed by atoms with van der Waals surface area (Å²) in [5.41, 5.74) is 5.89. The van der Waals surface area contributed by atoms with Gasteiger partial charge in [-0.3, -0.25) is 0 Å². The molecular weight excluding hydrogens is 396 g/mol. The number of hydrogen-bond donors (Lipinski definition) is 0. The van der Waals surface area contributed by atoms with Gasteiger partial charge in [0.05, 0.1) is 22.4 Å². The van der Waals surface area contributed by atoms with Crippen molar-refractivity contribution in [3.63, 3.8) is 0 Å². The van der Waals surface area contributed by atoms with Crippen LogP contribution >= 0.6 is 27.5 Å². The standard InChI is InChI=1S/C21H14BrClN2/c22-16-5-3-4-15(13-16)21-20(12-14-8-10-17(23)11-9-14)24-18-6-1-2-7-19(18)25-21/h1-11,13H,12H2. The maximum absolute atomic E-state index is 6.00. The number of halogens is 2. The molecule has 0 aliphatic rings. The lowest BCUT2D eigenvalue weighted by Crippen LogP contribution is -2.00. The fourth-order valence-electron chi connectivity index (χ4n) is 2.82. The summed E-state index contributed by atoms with van der Waals surface area (Å²) in [6, 6.07) is 24.0. The minimum Gasteiger partial charge on any atom is -0.249 e. The Morgan fingerprint density at radius 1 is 0.800 bits per heavy atom. The fraction of sp³-hybridized carbons (Fsp3) is 0.0476. The van der Waals surface area contributed by atoms with Crippen LogP contribution in [-0.2, 0) is 6.42 Å². The minimum absolute atomic E-state index is 0.705. The summed E-state index contributed by atoms with van der Waals surface area (Å²) in [5, 5.41) is 0.737. The number of fused-ring (bicyclic) bond motifs is 1. The van der Waals surface area contributed by atoms with Gasteiger partial charge in [0, 0.05) is 21.5 Å². The molecular formula is C21H14BrClN2. The van der Waals surface area contributed by atoms with Gasteiger partial charge in [-0.2, -0.15) is 0 Å². The molecule has 0 aliphatic carbocycles. The normalized spacial score (nSPS) is 11.0. The average Bonchev–Trinajstić information content (AvgIpc) is 2.63. The van der Waals surface area contributed by atoms with Gasteiger partial charge in [-0.25, -0.2) is 9.97 Å². The molecule has 25 heavy (non-hydrogen) atoms. The summed E-state index contributed by atoms with van der Waals surface area (Å²) in [7, 11) is 0. The molecule has 0 atom stereocenters. The van der Waals surface area contributed by atoms with Crippen LogP contribution in [0.4, 0.5) is 0 Å². The Balaban J connectivity index is 1.87. The molecule has 1 aromatic heterocycles. The summed E-state index contributed by atoms with van der Waals surface area (Å²) in [6.07, 6.45) is 0.705. The van der Waals surface area contributed by atoms with Crippen molar-refractivity contribution >= 4 is 38.6 Å². The van der Waals surface area contributed by atoms with E-state index >= 15 is 0 Å². The number of hydrogen-bond acceptors (Lipinski definition) is 2. The number of nitrogens with zero attached hydrogens (tertiary/aromatic N) is 2. The molecule has 4 aromatic rings. The zero-order valence-corrected chi connectivity index (χ0v) is 15.6. The zero-order chi connectivity index (χ0) is 17.2. The summed E-state index contributed by atoms with van der Waals surface area (Å²) >= 11 is 9.55. The first-order chi connectivity index (χ1) is 12.2. The molecule has 0 amide bonds. The van der Waals surface area contributed by atoms with E-state index in [1.807, 2.05) is 60.7 Å². The Bertz CT molecular complexity index is 1050. The topological polar surface area (TPSA) is 25.8 Å². The lowest BCUT2D eigenvalue weighted by Gasteiger charge is -2.11. The smallest absolute Gasteiger partial charge is 0.0928 e. The Morgan fingerprint density at radius 3 is 2.24 bits per heavy atom. The van der Waals surface area contributed by atoms with Crippen molar-refractivity contribution in [2.24, 2.45) is 0 Å². The third kappa shape index (κ3) is 3.58. The molecule has 2 nitrogen and oxygen atoms in total. The van der Waals surface area contributed by atoms with Crippen LogP contribution in [0, 0.1) is 0 Å². The quantitative estimate of drug-likeness (QED) is 0.396. The number of aromatic nitrogens is 2. The summed E-state index contributed by atoms with van der Waals surface area (Å²) in [5.74, 6) is 0. The molecule has 0 saturated carbocycles. The van der Waals surface area contributed by atoms with Crippen LogP contribution in [0.25, 0.3) is 22.3 Å². The summed E-state index contributed by atoms with van der Waals surface area (Å²) in [6.45, 7) is 0. The van der Waals surface area contributed by atoms with Crippen LogP contribution in [0.1, 0.15) is 11.3 Å². The van der Waals surface area contributed by atoms with Crippen LogP contribution < -0.4 is 0 Å². The van der Waals surface area contributed by atoms with Crippen molar-refractivity contribution in [3.05, 3.63) is 93.5 Å².